The van der Waals surface area contributed by atoms with E-state index in [0.717, 1.165) is 37.4 Å². The molecule has 0 radical (unpaired) electrons. The molecular weight excluding hydrogens is 240 g/mol. The summed E-state index contributed by atoms with van der Waals surface area (Å²) < 4.78 is 11.2. The molecule has 1 aromatic rings. The van der Waals surface area contributed by atoms with Crippen LogP contribution in [0.3, 0.4) is 0 Å². The largest absolute Gasteiger partial charge is 0.496 e. The lowest BCUT2D eigenvalue weighted by molar-refractivity contribution is 0.0383. The molecule has 1 aliphatic rings. The fourth-order valence-electron chi connectivity index (χ4n) is 2.63. The lowest BCUT2D eigenvalue weighted by Gasteiger charge is -2.36. The van der Waals surface area contributed by atoms with Gasteiger partial charge in [0.15, 0.2) is 0 Å². The van der Waals surface area contributed by atoms with Crippen LogP contribution >= 0.6 is 0 Å². The predicted octanol–water partition coefficient (Wildman–Crippen LogP) is 2.33. The van der Waals surface area contributed by atoms with E-state index in [2.05, 4.69) is 17.9 Å². The quantitative estimate of drug-likeness (QED) is 0.906. The molecule has 1 saturated heterocycles. The summed E-state index contributed by atoms with van der Waals surface area (Å²) in [5.41, 5.74) is 8.39. The third-order valence-electron chi connectivity index (χ3n) is 3.65. The fraction of sp³-hybridized carbons (Fsp3) is 0.600. The topological polar surface area (TPSA) is 47.7 Å². The monoisotopic (exact) mass is 264 g/mol. The molecule has 0 amide bonds. The maximum Gasteiger partial charge on any atom is 0.125 e. The van der Waals surface area contributed by atoms with Crippen LogP contribution in [-0.2, 0) is 4.74 Å². The van der Waals surface area contributed by atoms with Crippen molar-refractivity contribution in [2.75, 3.05) is 31.7 Å². The molecule has 1 heterocycles. The Labute approximate surface area is 115 Å². The third kappa shape index (κ3) is 3.01. The first-order valence-corrected chi connectivity index (χ1v) is 6.96. The number of methoxy groups -OCH3 is 1. The maximum absolute atomic E-state index is 6.13. The van der Waals surface area contributed by atoms with Gasteiger partial charge in [0.1, 0.15) is 5.75 Å². The van der Waals surface area contributed by atoms with Crippen molar-refractivity contribution in [1.82, 2.24) is 0 Å². The number of ether oxygens (including phenoxy) is 2. The molecular formula is C15H24N2O2. The van der Waals surface area contributed by atoms with E-state index in [9.17, 15) is 0 Å². The van der Waals surface area contributed by atoms with Gasteiger partial charge < -0.3 is 20.1 Å². The first-order chi connectivity index (χ1) is 9.17. The van der Waals surface area contributed by atoms with Crippen LogP contribution in [0, 0.1) is 0 Å². The Kier molecular flexibility index (Phi) is 4.66. The van der Waals surface area contributed by atoms with Crippen LogP contribution in [-0.4, -0.2) is 32.9 Å². The molecule has 0 aromatic heterocycles. The maximum atomic E-state index is 6.13. The van der Waals surface area contributed by atoms with E-state index in [-0.39, 0.29) is 6.04 Å². The van der Waals surface area contributed by atoms with Crippen LogP contribution in [0.2, 0.25) is 0 Å². The van der Waals surface area contributed by atoms with Gasteiger partial charge in [-0.1, -0.05) is 13.0 Å². The van der Waals surface area contributed by atoms with E-state index in [1.807, 2.05) is 19.1 Å². The molecule has 0 spiro atoms. The van der Waals surface area contributed by atoms with Gasteiger partial charge >= 0.3 is 0 Å². The standard InChI is InChI=1S/C15H24N2O2/c1-4-12-10-17(8-9-19-12)13-6-5-7-14(18-3)15(13)11(2)16/h5-7,11-12H,4,8-10,16H2,1-3H3/t11-,12?/m1/s1. The fourth-order valence-corrected chi connectivity index (χ4v) is 2.63. The molecule has 2 atom stereocenters. The zero-order valence-corrected chi connectivity index (χ0v) is 12.1. The number of anilines is 1. The highest BCUT2D eigenvalue weighted by atomic mass is 16.5. The van der Waals surface area contributed by atoms with Crippen molar-refractivity contribution in [2.45, 2.75) is 32.4 Å². The number of hydrogen-bond donors (Lipinski definition) is 1. The number of rotatable bonds is 4. The van der Waals surface area contributed by atoms with E-state index in [1.165, 1.54) is 5.69 Å². The molecule has 4 nitrogen and oxygen atoms in total. The van der Waals surface area contributed by atoms with Gasteiger partial charge in [0.25, 0.3) is 0 Å². The summed E-state index contributed by atoms with van der Waals surface area (Å²) in [5.74, 6) is 0.868. The van der Waals surface area contributed by atoms with Crippen molar-refractivity contribution in [3.63, 3.8) is 0 Å². The summed E-state index contributed by atoms with van der Waals surface area (Å²) in [4.78, 5) is 2.36. The van der Waals surface area contributed by atoms with Gasteiger partial charge in [-0.05, 0) is 25.5 Å². The van der Waals surface area contributed by atoms with Crippen molar-refractivity contribution in [1.29, 1.82) is 0 Å². The van der Waals surface area contributed by atoms with Gasteiger partial charge in [-0.15, -0.1) is 0 Å². The van der Waals surface area contributed by atoms with E-state index < -0.39 is 0 Å². The van der Waals surface area contributed by atoms with Crippen molar-refractivity contribution in [3.05, 3.63) is 23.8 Å². The Morgan fingerprint density at radius 2 is 2.32 bits per heavy atom. The number of morpholine rings is 1. The molecule has 1 unspecified atom stereocenters. The molecule has 0 saturated carbocycles. The predicted molar refractivity (Wildman–Crippen MR) is 77.8 cm³/mol. The molecule has 19 heavy (non-hydrogen) atoms. The van der Waals surface area contributed by atoms with Crippen LogP contribution in [0.25, 0.3) is 0 Å². The minimum Gasteiger partial charge on any atom is -0.496 e. The van der Waals surface area contributed by atoms with Gasteiger partial charge in [0, 0.05) is 30.4 Å². The summed E-state index contributed by atoms with van der Waals surface area (Å²) in [5, 5.41) is 0. The summed E-state index contributed by atoms with van der Waals surface area (Å²) in [6, 6.07) is 6.07. The summed E-state index contributed by atoms with van der Waals surface area (Å²) >= 11 is 0. The van der Waals surface area contributed by atoms with Crippen LogP contribution in [0.4, 0.5) is 5.69 Å². The Balaban J connectivity index is 2.33. The SMILES string of the molecule is CCC1CN(c2cccc(OC)c2[C@@H](C)N)CCO1. The minimum atomic E-state index is -0.0472. The first kappa shape index (κ1) is 14.2. The van der Waals surface area contributed by atoms with Crippen molar-refractivity contribution in [2.24, 2.45) is 5.73 Å². The lowest BCUT2D eigenvalue weighted by Crippen LogP contribution is -2.42. The summed E-state index contributed by atoms with van der Waals surface area (Å²) in [6.45, 7) is 6.76. The van der Waals surface area contributed by atoms with E-state index >= 15 is 0 Å². The zero-order chi connectivity index (χ0) is 13.8. The molecule has 106 valence electrons. The lowest BCUT2D eigenvalue weighted by atomic mass is 10.0. The second-order valence-corrected chi connectivity index (χ2v) is 5.03. The Morgan fingerprint density at radius 3 is 2.95 bits per heavy atom. The van der Waals surface area contributed by atoms with E-state index in [0.29, 0.717) is 6.10 Å². The van der Waals surface area contributed by atoms with Gasteiger partial charge in [-0.25, -0.2) is 0 Å². The molecule has 1 aromatic carbocycles. The van der Waals surface area contributed by atoms with Crippen molar-refractivity contribution in [3.8, 4) is 5.75 Å². The number of benzene rings is 1. The number of nitrogens with two attached hydrogens (primary N) is 1. The van der Waals surface area contributed by atoms with Crippen molar-refractivity contribution >= 4 is 5.69 Å². The van der Waals surface area contributed by atoms with Gasteiger partial charge in [0.05, 0.1) is 19.8 Å². The first-order valence-electron chi connectivity index (χ1n) is 6.96. The zero-order valence-electron chi connectivity index (χ0n) is 12.1. The minimum absolute atomic E-state index is 0.0472. The molecule has 2 rings (SSSR count). The van der Waals surface area contributed by atoms with E-state index in [1.54, 1.807) is 7.11 Å². The Hall–Kier alpha value is -1.26. The smallest absolute Gasteiger partial charge is 0.125 e. The van der Waals surface area contributed by atoms with Gasteiger partial charge in [-0.3, -0.25) is 0 Å². The Morgan fingerprint density at radius 1 is 1.53 bits per heavy atom. The normalized spacial score (nSPS) is 21.3. The average molecular weight is 264 g/mol. The average Bonchev–Trinajstić information content (AvgIpc) is 2.46. The van der Waals surface area contributed by atoms with E-state index in [4.69, 9.17) is 15.2 Å². The van der Waals surface area contributed by atoms with Crippen LogP contribution < -0.4 is 15.4 Å². The highest BCUT2D eigenvalue weighted by Crippen LogP contribution is 2.34. The summed E-state index contributed by atoms with van der Waals surface area (Å²) in [7, 11) is 1.69. The van der Waals surface area contributed by atoms with Crippen LogP contribution in [0.15, 0.2) is 18.2 Å². The molecule has 1 fully saturated rings. The number of hydrogen-bond acceptors (Lipinski definition) is 4. The molecule has 0 bridgehead atoms. The second-order valence-electron chi connectivity index (χ2n) is 5.03. The molecule has 4 heteroatoms. The van der Waals surface area contributed by atoms with Crippen LogP contribution in [0.1, 0.15) is 31.9 Å². The molecule has 0 aliphatic carbocycles. The van der Waals surface area contributed by atoms with Gasteiger partial charge in [-0.2, -0.15) is 0 Å². The third-order valence-corrected chi connectivity index (χ3v) is 3.65. The summed E-state index contributed by atoms with van der Waals surface area (Å²) in [6.07, 6.45) is 1.34. The Bertz CT molecular complexity index is 421. The number of nitrogens with zero attached hydrogens (tertiary/aromatic N) is 1. The van der Waals surface area contributed by atoms with Crippen molar-refractivity contribution < 1.29 is 9.47 Å². The van der Waals surface area contributed by atoms with Gasteiger partial charge in [0.2, 0.25) is 0 Å². The van der Waals surface area contributed by atoms with Crippen LogP contribution in [0.5, 0.6) is 5.75 Å². The molecule has 1 aliphatic heterocycles. The second kappa shape index (κ2) is 6.26. The molecule has 2 N–H and O–H groups in total. The highest BCUT2D eigenvalue weighted by molar-refractivity contribution is 5.61. The highest BCUT2D eigenvalue weighted by Gasteiger charge is 2.23.